The zero-order valence-corrected chi connectivity index (χ0v) is 10.1. The minimum atomic E-state index is -1.38. The number of aromatic hydroxyl groups is 2. The average molecular weight is 264 g/mol. The normalized spacial score (nSPS) is 22.4. The molecule has 100 valence electrons. The number of phenols is 2. The summed E-state index contributed by atoms with van der Waals surface area (Å²) in [5, 5.41) is 28.8. The Kier molecular flexibility index (Phi) is 2.35. The molecule has 0 saturated heterocycles. The molecule has 0 amide bonds. The third-order valence-electron chi connectivity index (χ3n) is 3.18. The minimum absolute atomic E-state index is 0.0507. The third kappa shape index (κ3) is 1.85. The number of aliphatic hydroxyl groups is 1. The van der Waals surface area contributed by atoms with Crippen molar-refractivity contribution >= 4 is 11.0 Å². The molecule has 1 aromatic carbocycles. The fourth-order valence-electron chi connectivity index (χ4n) is 2.17. The number of fused-ring (bicyclic) bond motifs is 2. The van der Waals surface area contributed by atoms with Gasteiger partial charge in [-0.15, -0.1) is 0 Å². The molecule has 3 N–H and O–H groups in total. The number of hydrogen-bond donors (Lipinski definition) is 3. The molecule has 2 aromatic rings. The lowest BCUT2D eigenvalue weighted by molar-refractivity contribution is -0.207. The largest absolute Gasteiger partial charge is 0.504 e. The van der Waals surface area contributed by atoms with Gasteiger partial charge in [0.2, 0.25) is 0 Å². The molecule has 0 fully saturated rings. The zero-order chi connectivity index (χ0) is 13.8. The predicted octanol–water partition coefficient (Wildman–Crippen LogP) is 0.985. The Hall–Kier alpha value is -2.05. The van der Waals surface area contributed by atoms with E-state index in [4.69, 9.17) is 9.15 Å². The number of ether oxygens (including phenoxy) is 1. The maximum absolute atomic E-state index is 12.2. The SMILES string of the molecule is C[C@@]1(O)Cc2oc3cc(O)c(O)cc3c(=O)c2CO1. The van der Waals surface area contributed by atoms with E-state index in [1.165, 1.54) is 13.0 Å². The summed E-state index contributed by atoms with van der Waals surface area (Å²) in [6.07, 6.45) is 0.0507. The highest BCUT2D eigenvalue weighted by atomic mass is 16.6. The summed E-state index contributed by atoms with van der Waals surface area (Å²) in [6.45, 7) is 1.43. The summed E-state index contributed by atoms with van der Waals surface area (Å²) in [7, 11) is 0. The van der Waals surface area contributed by atoms with Crippen LogP contribution in [0.3, 0.4) is 0 Å². The first-order chi connectivity index (χ1) is 8.87. The van der Waals surface area contributed by atoms with Crippen LogP contribution in [0.4, 0.5) is 0 Å². The predicted molar refractivity (Wildman–Crippen MR) is 64.9 cm³/mol. The second kappa shape index (κ2) is 3.72. The molecule has 1 aliphatic rings. The van der Waals surface area contributed by atoms with Gasteiger partial charge >= 0.3 is 0 Å². The first-order valence-corrected chi connectivity index (χ1v) is 5.74. The van der Waals surface area contributed by atoms with Gasteiger partial charge in [0.25, 0.3) is 0 Å². The molecule has 6 nitrogen and oxygen atoms in total. The number of hydrogen-bond acceptors (Lipinski definition) is 6. The van der Waals surface area contributed by atoms with Crippen LogP contribution in [-0.4, -0.2) is 21.1 Å². The van der Waals surface area contributed by atoms with Crippen LogP contribution in [0.1, 0.15) is 18.2 Å². The van der Waals surface area contributed by atoms with E-state index < -0.39 is 5.79 Å². The Balaban J connectivity index is 2.31. The molecule has 1 atom stereocenters. The second-order valence-electron chi connectivity index (χ2n) is 4.81. The lowest BCUT2D eigenvalue weighted by atomic mass is 10.0. The van der Waals surface area contributed by atoms with Gasteiger partial charge in [-0.1, -0.05) is 0 Å². The maximum Gasteiger partial charge on any atom is 0.198 e. The Morgan fingerprint density at radius 2 is 1.95 bits per heavy atom. The lowest BCUT2D eigenvalue weighted by Gasteiger charge is -2.28. The van der Waals surface area contributed by atoms with Crippen LogP contribution in [0.2, 0.25) is 0 Å². The smallest absolute Gasteiger partial charge is 0.198 e. The Bertz CT molecular complexity index is 728. The van der Waals surface area contributed by atoms with Gasteiger partial charge in [-0.2, -0.15) is 0 Å². The molecule has 0 unspecified atom stereocenters. The van der Waals surface area contributed by atoms with Gasteiger partial charge in [0.05, 0.1) is 24.0 Å². The van der Waals surface area contributed by atoms with Crippen molar-refractivity contribution in [1.82, 2.24) is 0 Å². The Morgan fingerprint density at radius 1 is 1.26 bits per heavy atom. The zero-order valence-electron chi connectivity index (χ0n) is 10.1. The highest BCUT2D eigenvalue weighted by molar-refractivity contribution is 5.81. The monoisotopic (exact) mass is 264 g/mol. The van der Waals surface area contributed by atoms with Crippen molar-refractivity contribution < 1.29 is 24.5 Å². The lowest BCUT2D eigenvalue weighted by Crippen LogP contribution is -2.37. The van der Waals surface area contributed by atoms with Crippen LogP contribution < -0.4 is 5.43 Å². The summed E-state index contributed by atoms with van der Waals surface area (Å²) in [5.74, 6) is -1.80. The van der Waals surface area contributed by atoms with Crippen molar-refractivity contribution in [2.45, 2.75) is 25.7 Å². The van der Waals surface area contributed by atoms with E-state index in [9.17, 15) is 20.1 Å². The molecule has 6 heteroatoms. The van der Waals surface area contributed by atoms with Crippen molar-refractivity contribution in [3.05, 3.63) is 33.7 Å². The fraction of sp³-hybridized carbons (Fsp3) is 0.308. The number of rotatable bonds is 0. The molecule has 0 aliphatic carbocycles. The summed E-state index contributed by atoms with van der Waals surface area (Å²) in [6, 6.07) is 2.33. The van der Waals surface area contributed by atoms with Gasteiger partial charge < -0.3 is 24.5 Å². The van der Waals surface area contributed by atoms with E-state index in [1.54, 1.807) is 0 Å². The highest BCUT2D eigenvalue weighted by Gasteiger charge is 2.32. The van der Waals surface area contributed by atoms with Crippen LogP contribution in [0.5, 0.6) is 11.5 Å². The van der Waals surface area contributed by atoms with Crippen molar-refractivity contribution in [3.8, 4) is 11.5 Å². The number of phenolic OH excluding ortho intramolecular Hbond substituents is 2. The molecule has 1 aliphatic heterocycles. The van der Waals surface area contributed by atoms with Crippen LogP contribution in [0, 0.1) is 0 Å². The van der Waals surface area contributed by atoms with E-state index in [0.29, 0.717) is 11.3 Å². The van der Waals surface area contributed by atoms with Crippen LogP contribution in [0.15, 0.2) is 21.3 Å². The molecule has 0 bridgehead atoms. The summed E-state index contributed by atoms with van der Waals surface area (Å²) >= 11 is 0. The molecule has 3 rings (SSSR count). The Morgan fingerprint density at radius 3 is 2.68 bits per heavy atom. The van der Waals surface area contributed by atoms with Gasteiger partial charge in [0.1, 0.15) is 11.3 Å². The first-order valence-electron chi connectivity index (χ1n) is 5.74. The van der Waals surface area contributed by atoms with Gasteiger partial charge in [0, 0.05) is 6.07 Å². The Labute approximate surface area is 107 Å². The molecule has 2 heterocycles. The van der Waals surface area contributed by atoms with Crippen LogP contribution in [-0.2, 0) is 17.8 Å². The summed E-state index contributed by atoms with van der Waals surface area (Å²) in [5.41, 5.74) is 0.155. The molecule has 0 saturated carbocycles. The quantitative estimate of drug-likeness (QED) is 0.613. The molecular weight excluding hydrogens is 252 g/mol. The topological polar surface area (TPSA) is 100 Å². The van der Waals surface area contributed by atoms with Gasteiger partial charge in [-0.05, 0) is 13.0 Å². The molecule has 19 heavy (non-hydrogen) atoms. The van der Waals surface area contributed by atoms with Crippen molar-refractivity contribution in [2.75, 3.05) is 0 Å². The fourth-order valence-corrected chi connectivity index (χ4v) is 2.17. The third-order valence-corrected chi connectivity index (χ3v) is 3.18. The van der Waals surface area contributed by atoms with E-state index in [1.807, 2.05) is 0 Å². The van der Waals surface area contributed by atoms with Crippen molar-refractivity contribution in [1.29, 1.82) is 0 Å². The van der Waals surface area contributed by atoms with Crippen LogP contribution in [0.25, 0.3) is 11.0 Å². The van der Waals surface area contributed by atoms with E-state index in [2.05, 4.69) is 0 Å². The summed E-state index contributed by atoms with van der Waals surface area (Å²) < 4.78 is 10.7. The molecule has 1 aromatic heterocycles. The number of benzene rings is 1. The van der Waals surface area contributed by atoms with Crippen LogP contribution >= 0.6 is 0 Å². The van der Waals surface area contributed by atoms with E-state index in [0.717, 1.165) is 6.07 Å². The van der Waals surface area contributed by atoms with Gasteiger partial charge in [-0.25, -0.2) is 0 Å². The standard InChI is InChI=1S/C13H12O6/c1-13(17)4-11-7(5-18-13)12(16)6-2-8(14)9(15)3-10(6)19-11/h2-3,14-15,17H,4-5H2,1H3/t13-/m0/s1. The van der Waals surface area contributed by atoms with Crippen molar-refractivity contribution in [2.24, 2.45) is 0 Å². The molecule has 0 spiro atoms. The average Bonchev–Trinajstić information content (AvgIpc) is 2.31. The first kappa shape index (κ1) is 12.0. The van der Waals surface area contributed by atoms with Gasteiger partial charge in [0.15, 0.2) is 22.7 Å². The second-order valence-corrected chi connectivity index (χ2v) is 4.81. The summed E-state index contributed by atoms with van der Waals surface area (Å²) in [4.78, 5) is 12.2. The van der Waals surface area contributed by atoms with E-state index >= 15 is 0 Å². The van der Waals surface area contributed by atoms with Crippen molar-refractivity contribution in [3.63, 3.8) is 0 Å². The minimum Gasteiger partial charge on any atom is -0.504 e. The highest BCUT2D eigenvalue weighted by Crippen LogP contribution is 2.32. The molecular formula is C13H12O6. The maximum atomic E-state index is 12.2. The van der Waals surface area contributed by atoms with Gasteiger partial charge in [-0.3, -0.25) is 4.79 Å². The van der Waals surface area contributed by atoms with E-state index in [-0.39, 0.29) is 40.9 Å². The molecule has 0 radical (unpaired) electrons.